The number of hydrogen-bond donors (Lipinski definition) is 1. The van der Waals surface area contributed by atoms with Gasteiger partial charge in [0, 0.05) is 44.8 Å². The van der Waals surface area contributed by atoms with Crippen LogP contribution >= 0.6 is 0 Å². The molecule has 1 N–H and O–H groups in total. The lowest BCUT2D eigenvalue weighted by atomic mass is 10.1. The van der Waals surface area contributed by atoms with E-state index in [2.05, 4.69) is 22.0 Å². The molecule has 2 fully saturated rings. The van der Waals surface area contributed by atoms with Crippen molar-refractivity contribution in [2.75, 3.05) is 72.7 Å². The van der Waals surface area contributed by atoms with Gasteiger partial charge in [0.05, 0.1) is 40.1 Å². The van der Waals surface area contributed by atoms with E-state index < -0.39 is 0 Å². The number of benzene rings is 1. The highest BCUT2D eigenvalue weighted by molar-refractivity contribution is 5.80. The van der Waals surface area contributed by atoms with Crippen molar-refractivity contribution >= 4 is 5.96 Å². The summed E-state index contributed by atoms with van der Waals surface area (Å²) in [6.07, 6.45) is 1.23. The fourth-order valence-electron chi connectivity index (χ4n) is 3.97. The van der Waals surface area contributed by atoms with Gasteiger partial charge < -0.3 is 24.4 Å². The summed E-state index contributed by atoms with van der Waals surface area (Å²) in [6, 6.07) is 7.97. The number of para-hydroxylation sites is 1. The molecule has 0 radical (unpaired) electrons. The third-order valence-electron chi connectivity index (χ3n) is 5.49. The summed E-state index contributed by atoms with van der Waals surface area (Å²) in [7, 11) is 1.69. The van der Waals surface area contributed by atoms with E-state index in [0.717, 1.165) is 63.2 Å². The van der Waals surface area contributed by atoms with E-state index in [9.17, 15) is 0 Å². The molecule has 2 heterocycles. The molecule has 0 bridgehead atoms. The van der Waals surface area contributed by atoms with Crippen LogP contribution < -0.4 is 10.1 Å². The first kappa shape index (κ1) is 21.9. The highest BCUT2D eigenvalue weighted by atomic mass is 16.5. The average molecular weight is 405 g/mol. The molecule has 3 rings (SSSR count). The number of likely N-dealkylation sites (tertiary alicyclic amines) is 1. The van der Waals surface area contributed by atoms with E-state index in [1.807, 2.05) is 24.3 Å². The summed E-state index contributed by atoms with van der Waals surface area (Å²) in [5, 5.41) is 3.44. The Bertz CT molecular complexity index is 634. The van der Waals surface area contributed by atoms with E-state index in [0.29, 0.717) is 25.7 Å². The summed E-state index contributed by atoms with van der Waals surface area (Å²) in [4.78, 5) is 9.72. The van der Waals surface area contributed by atoms with Crippen molar-refractivity contribution in [3.8, 4) is 5.75 Å². The Kier molecular flexibility index (Phi) is 9.05. The molecule has 1 aromatic rings. The first-order valence-corrected chi connectivity index (χ1v) is 10.8. The van der Waals surface area contributed by atoms with Crippen LogP contribution in [-0.2, 0) is 16.1 Å². The number of hydrogen-bond acceptors (Lipinski definition) is 5. The highest BCUT2D eigenvalue weighted by Crippen LogP contribution is 2.19. The van der Waals surface area contributed by atoms with Crippen LogP contribution in [0.25, 0.3) is 0 Å². The van der Waals surface area contributed by atoms with Crippen molar-refractivity contribution in [2.24, 2.45) is 10.9 Å². The van der Waals surface area contributed by atoms with Gasteiger partial charge in [0.25, 0.3) is 0 Å². The van der Waals surface area contributed by atoms with Crippen molar-refractivity contribution in [3.05, 3.63) is 29.8 Å². The predicted molar refractivity (Wildman–Crippen MR) is 116 cm³/mol. The molecule has 2 aliphatic rings. The van der Waals surface area contributed by atoms with Crippen LogP contribution in [0.4, 0.5) is 0 Å². The van der Waals surface area contributed by atoms with Crippen LogP contribution in [0.3, 0.4) is 0 Å². The molecule has 29 heavy (non-hydrogen) atoms. The van der Waals surface area contributed by atoms with Gasteiger partial charge in [-0.2, -0.15) is 0 Å². The van der Waals surface area contributed by atoms with Gasteiger partial charge in [-0.05, 0) is 25.3 Å². The Labute approximate surface area is 175 Å². The van der Waals surface area contributed by atoms with Gasteiger partial charge in [-0.1, -0.05) is 18.2 Å². The minimum atomic E-state index is 0.543. The molecule has 0 aromatic heterocycles. The maximum atomic E-state index is 5.82. The molecule has 162 valence electrons. The number of ether oxygens (including phenoxy) is 3. The summed E-state index contributed by atoms with van der Waals surface area (Å²) in [5.74, 6) is 2.59. The number of nitrogens with one attached hydrogen (secondary N) is 1. The van der Waals surface area contributed by atoms with Gasteiger partial charge in [-0.15, -0.1) is 0 Å². The third-order valence-corrected chi connectivity index (χ3v) is 5.49. The Morgan fingerprint density at radius 3 is 2.86 bits per heavy atom. The molecule has 1 aromatic carbocycles. The van der Waals surface area contributed by atoms with E-state index >= 15 is 0 Å². The second-order valence-corrected chi connectivity index (χ2v) is 7.61. The standard InChI is InChI=1S/C22H36N4O3/c1-3-23-22(24-9-13-29-18-20-6-4-5-7-21(20)27-2)26-10-8-19(17-26)16-25-11-14-28-15-12-25/h4-7,19H,3,8-18H2,1-2H3,(H,23,24). The number of nitrogens with zero attached hydrogens (tertiary/aromatic N) is 3. The molecule has 0 saturated carbocycles. The van der Waals surface area contributed by atoms with Crippen LogP contribution in [0.2, 0.25) is 0 Å². The molecule has 2 saturated heterocycles. The summed E-state index contributed by atoms with van der Waals surface area (Å²) < 4.78 is 16.7. The third kappa shape index (κ3) is 6.87. The number of morpholine rings is 1. The number of rotatable bonds is 9. The lowest BCUT2D eigenvalue weighted by molar-refractivity contribution is 0.0315. The Morgan fingerprint density at radius 1 is 1.24 bits per heavy atom. The normalized spacial score (nSPS) is 20.8. The number of guanidine groups is 1. The number of aliphatic imine (C=N–C) groups is 1. The SMILES string of the molecule is CCNC(=NCCOCc1ccccc1OC)N1CCC(CN2CCOCC2)C1. The zero-order chi connectivity index (χ0) is 20.3. The molecule has 7 nitrogen and oxygen atoms in total. The average Bonchev–Trinajstić information content (AvgIpc) is 3.22. The Balaban J connectivity index is 1.42. The quantitative estimate of drug-likeness (QED) is 0.385. The Morgan fingerprint density at radius 2 is 2.07 bits per heavy atom. The second-order valence-electron chi connectivity index (χ2n) is 7.61. The molecule has 1 unspecified atom stereocenters. The molecule has 1 atom stereocenters. The monoisotopic (exact) mass is 404 g/mol. The molecular weight excluding hydrogens is 368 g/mol. The molecule has 0 amide bonds. The zero-order valence-electron chi connectivity index (χ0n) is 17.9. The molecule has 0 aliphatic carbocycles. The number of methoxy groups -OCH3 is 1. The Hall–Kier alpha value is -1.83. The summed E-state index contributed by atoms with van der Waals surface area (Å²) in [6.45, 7) is 12.0. The van der Waals surface area contributed by atoms with Crippen LogP contribution in [-0.4, -0.2) is 88.5 Å². The van der Waals surface area contributed by atoms with Crippen molar-refractivity contribution < 1.29 is 14.2 Å². The van der Waals surface area contributed by atoms with Gasteiger partial charge in [-0.25, -0.2) is 0 Å². The first-order valence-electron chi connectivity index (χ1n) is 10.8. The topological polar surface area (TPSA) is 58.6 Å². The lowest BCUT2D eigenvalue weighted by Gasteiger charge is -2.29. The maximum Gasteiger partial charge on any atom is 0.194 e. The van der Waals surface area contributed by atoms with Crippen molar-refractivity contribution in [2.45, 2.75) is 20.0 Å². The van der Waals surface area contributed by atoms with Crippen LogP contribution in [0.5, 0.6) is 5.75 Å². The van der Waals surface area contributed by atoms with Gasteiger partial charge in [0.2, 0.25) is 0 Å². The van der Waals surface area contributed by atoms with Crippen molar-refractivity contribution in [1.82, 2.24) is 15.1 Å². The minimum Gasteiger partial charge on any atom is -0.496 e. The predicted octanol–water partition coefficient (Wildman–Crippen LogP) is 1.83. The second kappa shape index (κ2) is 12.0. The van der Waals surface area contributed by atoms with Crippen LogP contribution in [0, 0.1) is 5.92 Å². The van der Waals surface area contributed by atoms with E-state index in [1.54, 1.807) is 7.11 Å². The summed E-state index contributed by atoms with van der Waals surface area (Å²) in [5.41, 5.74) is 1.07. The van der Waals surface area contributed by atoms with E-state index in [1.165, 1.54) is 13.0 Å². The molecular formula is C22H36N4O3. The van der Waals surface area contributed by atoms with Crippen molar-refractivity contribution in [3.63, 3.8) is 0 Å². The maximum absolute atomic E-state index is 5.82. The fraction of sp³-hybridized carbons (Fsp3) is 0.682. The van der Waals surface area contributed by atoms with Gasteiger partial charge in [0.1, 0.15) is 5.75 Å². The first-order chi connectivity index (χ1) is 14.3. The fourth-order valence-corrected chi connectivity index (χ4v) is 3.97. The van der Waals surface area contributed by atoms with Gasteiger partial charge in [-0.3, -0.25) is 9.89 Å². The zero-order valence-corrected chi connectivity index (χ0v) is 17.9. The van der Waals surface area contributed by atoms with Crippen LogP contribution in [0.1, 0.15) is 18.9 Å². The van der Waals surface area contributed by atoms with Crippen LogP contribution in [0.15, 0.2) is 29.3 Å². The van der Waals surface area contributed by atoms with E-state index in [4.69, 9.17) is 19.2 Å². The molecule has 7 heteroatoms. The smallest absolute Gasteiger partial charge is 0.194 e. The largest absolute Gasteiger partial charge is 0.496 e. The van der Waals surface area contributed by atoms with E-state index in [-0.39, 0.29) is 0 Å². The van der Waals surface area contributed by atoms with Gasteiger partial charge in [0.15, 0.2) is 5.96 Å². The minimum absolute atomic E-state index is 0.543. The van der Waals surface area contributed by atoms with Crippen molar-refractivity contribution in [1.29, 1.82) is 0 Å². The summed E-state index contributed by atoms with van der Waals surface area (Å²) >= 11 is 0. The molecule has 2 aliphatic heterocycles. The lowest BCUT2D eigenvalue weighted by Crippen LogP contribution is -2.42. The highest BCUT2D eigenvalue weighted by Gasteiger charge is 2.27. The molecule has 0 spiro atoms. The van der Waals surface area contributed by atoms with Gasteiger partial charge >= 0.3 is 0 Å².